The van der Waals surface area contributed by atoms with Crippen LogP contribution in [0.1, 0.15) is 22.9 Å². The summed E-state index contributed by atoms with van der Waals surface area (Å²) in [6.07, 6.45) is -0.128. The number of hydrogen-bond acceptors (Lipinski definition) is 4. The summed E-state index contributed by atoms with van der Waals surface area (Å²) in [7, 11) is 2.03. The van der Waals surface area contributed by atoms with Gasteiger partial charge in [-0.1, -0.05) is 60.7 Å². The lowest BCUT2D eigenvalue weighted by molar-refractivity contribution is 0.383. The fourth-order valence-electron chi connectivity index (χ4n) is 3.08. The standard InChI is InChI=1S/C22H20N4/c1-26-21(17-8-4-2-5-9-17)24-20(16-12-14-19(23)15-13-16)25-22(26)18-10-6-3-7-11-18/h2-15,21H,23H2,1H3. The molecule has 3 aromatic rings. The molecule has 1 aliphatic heterocycles. The summed E-state index contributed by atoms with van der Waals surface area (Å²) in [5.74, 6) is 1.62. The molecule has 0 amide bonds. The molecule has 0 aliphatic carbocycles. The fourth-order valence-corrected chi connectivity index (χ4v) is 3.08. The van der Waals surface area contributed by atoms with Crippen molar-refractivity contribution in [2.75, 3.05) is 12.8 Å². The third kappa shape index (κ3) is 3.09. The largest absolute Gasteiger partial charge is 0.399 e. The highest BCUT2D eigenvalue weighted by molar-refractivity contribution is 6.12. The Labute approximate surface area is 153 Å². The molecule has 1 heterocycles. The molecule has 1 atom stereocenters. The van der Waals surface area contributed by atoms with Crippen LogP contribution in [-0.4, -0.2) is 23.6 Å². The molecule has 1 aliphatic rings. The summed E-state index contributed by atoms with van der Waals surface area (Å²) in [6, 6.07) is 28.2. The molecule has 0 spiro atoms. The number of amidine groups is 2. The second-order valence-electron chi connectivity index (χ2n) is 6.27. The monoisotopic (exact) mass is 340 g/mol. The lowest BCUT2D eigenvalue weighted by Crippen LogP contribution is -2.35. The van der Waals surface area contributed by atoms with Gasteiger partial charge >= 0.3 is 0 Å². The van der Waals surface area contributed by atoms with E-state index in [1.807, 2.05) is 67.7 Å². The molecule has 0 radical (unpaired) electrons. The topological polar surface area (TPSA) is 54.0 Å². The Morgan fingerprint density at radius 1 is 0.769 bits per heavy atom. The van der Waals surface area contributed by atoms with E-state index in [2.05, 4.69) is 29.2 Å². The van der Waals surface area contributed by atoms with Crippen LogP contribution in [0.4, 0.5) is 5.69 Å². The quantitative estimate of drug-likeness (QED) is 0.730. The van der Waals surface area contributed by atoms with E-state index >= 15 is 0 Å². The Morgan fingerprint density at radius 3 is 2.04 bits per heavy atom. The van der Waals surface area contributed by atoms with Gasteiger partial charge in [0.25, 0.3) is 0 Å². The number of benzene rings is 3. The van der Waals surface area contributed by atoms with E-state index in [-0.39, 0.29) is 6.17 Å². The molecular formula is C22H20N4. The lowest BCUT2D eigenvalue weighted by Gasteiger charge is -2.32. The Kier molecular flexibility index (Phi) is 4.23. The number of nitrogens with zero attached hydrogens (tertiary/aromatic N) is 3. The minimum absolute atomic E-state index is 0.128. The molecule has 0 fully saturated rings. The van der Waals surface area contributed by atoms with Crippen LogP contribution >= 0.6 is 0 Å². The Morgan fingerprint density at radius 2 is 1.38 bits per heavy atom. The third-order valence-corrected chi connectivity index (χ3v) is 4.46. The van der Waals surface area contributed by atoms with Crippen molar-refractivity contribution in [3.8, 4) is 0 Å². The Hall–Kier alpha value is -3.40. The van der Waals surface area contributed by atoms with Crippen molar-refractivity contribution in [1.82, 2.24) is 4.90 Å². The predicted molar refractivity (Wildman–Crippen MR) is 107 cm³/mol. The van der Waals surface area contributed by atoms with Crippen molar-refractivity contribution in [3.63, 3.8) is 0 Å². The van der Waals surface area contributed by atoms with Gasteiger partial charge in [-0.3, -0.25) is 0 Å². The van der Waals surface area contributed by atoms with Gasteiger partial charge in [0.05, 0.1) is 0 Å². The maximum atomic E-state index is 5.83. The first-order valence-corrected chi connectivity index (χ1v) is 8.58. The van der Waals surface area contributed by atoms with E-state index in [0.717, 1.165) is 34.0 Å². The highest BCUT2D eigenvalue weighted by Crippen LogP contribution is 2.28. The van der Waals surface area contributed by atoms with Crippen LogP contribution in [0.5, 0.6) is 0 Å². The maximum Gasteiger partial charge on any atom is 0.159 e. The number of nitrogen functional groups attached to an aromatic ring is 1. The minimum atomic E-state index is -0.128. The van der Waals surface area contributed by atoms with Crippen molar-refractivity contribution in [2.45, 2.75) is 6.17 Å². The summed E-state index contributed by atoms with van der Waals surface area (Å²) in [4.78, 5) is 11.9. The van der Waals surface area contributed by atoms with Crippen LogP contribution in [0.15, 0.2) is 94.9 Å². The smallest absolute Gasteiger partial charge is 0.159 e. The van der Waals surface area contributed by atoms with Gasteiger partial charge in [-0.05, 0) is 29.8 Å². The van der Waals surface area contributed by atoms with Crippen molar-refractivity contribution >= 4 is 17.4 Å². The second kappa shape index (κ2) is 6.84. The number of anilines is 1. The van der Waals surface area contributed by atoms with Crippen molar-refractivity contribution in [2.24, 2.45) is 9.98 Å². The molecule has 3 aromatic carbocycles. The third-order valence-electron chi connectivity index (χ3n) is 4.46. The molecule has 4 rings (SSSR count). The van der Waals surface area contributed by atoms with E-state index in [9.17, 15) is 0 Å². The number of rotatable bonds is 3. The zero-order valence-electron chi connectivity index (χ0n) is 14.6. The zero-order chi connectivity index (χ0) is 17.9. The van der Waals surface area contributed by atoms with Gasteiger partial charge in [0.15, 0.2) is 5.84 Å². The van der Waals surface area contributed by atoms with Gasteiger partial charge in [0.2, 0.25) is 0 Å². The van der Waals surface area contributed by atoms with E-state index in [0.29, 0.717) is 0 Å². The van der Waals surface area contributed by atoms with Crippen LogP contribution in [0.2, 0.25) is 0 Å². The highest BCUT2D eigenvalue weighted by atomic mass is 15.3. The van der Waals surface area contributed by atoms with Crippen molar-refractivity contribution < 1.29 is 0 Å². The average Bonchev–Trinajstić information content (AvgIpc) is 2.70. The second-order valence-corrected chi connectivity index (χ2v) is 6.27. The minimum Gasteiger partial charge on any atom is -0.399 e. The van der Waals surface area contributed by atoms with E-state index in [1.54, 1.807) is 0 Å². The number of aliphatic imine (C=N–C) groups is 2. The summed E-state index contributed by atoms with van der Waals surface area (Å²) in [5.41, 5.74) is 9.72. The molecular weight excluding hydrogens is 320 g/mol. The summed E-state index contributed by atoms with van der Waals surface area (Å²) in [5, 5.41) is 0. The predicted octanol–water partition coefficient (Wildman–Crippen LogP) is 4.11. The first kappa shape index (κ1) is 16.1. The van der Waals surface area contributed by atoms with Crippen LogP contribution < -0.4 is 5.73 Å². The number of nitrogens with two attached hydrogens (primary N) is 1. The first-order valence-electron chi connectivity index (χ1n) is 8.58. The fraction of sp³-hybridized carbons (Fsp3) is 0.0909. The van der Waals surface area contributed by atoms with E-state index in [4.69, 9.17) is 15.7 Å². The molecule has 0 aromatic heterocycles. The molecule has 0 bridgehead atoms. The molecule has 4 nitrogen and oxygen atoms in total. The molecule has 4 heteroatoms. The number of hydrogen-bond donors (Lipinski definition) is 1. The SMILES string of the molecule is CN1C(c2ccccc2)=NC(c2ccc(N)cc2)=NC1c1ccccc1. The first-order chi connectivity index (χ1) is 12.7. The molecule has 0 saturated carbocycles. The zero-order valence-corrected chi connectivity index (χ0v) is 14.6. The van der Waals surface area contributed by atoms with Gasteiger partial charge < -0.3 is 10.6 Å². The average molecular weight is 340 g/mol. The summed E-state index contributed by atoms with van der Waals surface area (Å²) < 4.78 is 0. The lowest BCUT2D eigenvalue weighted by atomic mass is 10.1. The molecule has 26 heavy (non-hydrogen) atoms. The Bertz CT molecular complexity index is 944. The molecule has 0 saturated heterocycles. The van der Waals surface area contributed by atoms with Gasteiger partial charge in [0, 0.05) is 23.9 Å². The van der Waals surface area contributed by atoms with E-state index < -0.39 is 0 Å². The Balaban J connectivity index is 1.84. The van der Waals surface area contributed by atoms with Crippen molar-refractivity contribution in [3.05, 3.63) is 102 Å². The van der Waals surface area contributed by atoms with Crippen LogP contribution in [0.25, 0.3) is 0 Å². The van der Waals surface area contributed by atoms with Crippen LogP contribution in [-0.2, 0) is 0 Å². The summed E-state index contributed by atoms with van der Waals surface area (Å²) in [6.45, 7) is 0. The molecule has 128 valence electrons. The van der Waals surface area contributed by atoms with Crippen LogP contribution in [0.3, 0.4) is 0 Å². The highest BCUT2D eigenvalue weighted by Gasteiger charge is 2.26. The van der Waals surface area contributed by atoms with Gasteiger partial charge in [0.1, 0.15) is 12.0 Å². The van der Waals surface area contributed by atoms with Gasteiger partial charge in [-0.2, -0.15) is 0 Å². The summed E-state index contributed by atoms with van der Waals surface area (Å²) >= 11 is 0. The maximum absolute atomic E-state index is 5.83. The normalized spacial score (nSPS) is 16.8. The van der Waals surface area contributed by atoms with Gasteiger partial charge in [-0.25, -0.2) is 9.98 Å². The van der Waals surface area contributed by atoms with E-state index in [1.165, 1.54) is 0 Å². The molecule has 1 unspecified atom stereocenters. The van der Waals surface area contributed by atoms with Crippen LogP contribution in [0, 0.1) is 0 Å². The molecule has 2 N–H and O–H groups in total. The van der Waals surface area contributed by atoms with Crippen molar-refractivity contribution in [1.29, 1.82) is 0 Å². The van der Waals surface area contributed by atoms with Gasteiger partial charge in [-0.15, -0.1) is 0 Å².